The van der Waals surface area contributed by atoms with Crippen LogP contribution in [0, 0.1) is 0 Å². The van der Waals surface area contributed by atoms with Gasteiger partial charge in [0.25, 0.3) is 0 Å². The van der Waals surface area contributed by atoms with Crippen molar-refractivity contribution in [3.63, 3.8) is 0 Å². The van der Waals surface area contributed by atoms with Crippen molar-refractivity contribution >= 4 is 11.9 Å². The third-order valence-corrected chi connectivity index (χ3v) is 1.88. The molecule has 74 valence electrons. The molecule has 0 bridgehead atoms. The Morgan fingerprint density at radius 2 is 1.71 bits per heavy atom. The van der Waals surface area contributed by atoms with Crippen LogP contribution in [0.5, 0.6) is 0 Å². The molecular weight excluding hydrogens is 184 g/mol. The highest BCUT2D eigenvalue weighted by Crippen LogP contribution is 2.19. The molecule has 1 rings (SSSR count). The zero-order chi connectivity index (χ0) is 10.6. The molecule has 0 saturated carbocycles. The zero-order valence-corrected chi connectivity index (χ0v) is 7.38. The lowest BCUT2D eigenvalue weighted by atomic mass is 9.96. The molecule has 0 aliphatic rings. The van der Waals surface area contributed by atoms with Crippen LogP contribution in [0.25, 0.3) is 0 Å². The molecule has 0 aromatic heterocycles. The van der Waals surface area contributed by atoms with Gasteiger partial charge >= 0.3 is 11.9 Å². The van der Waals surface area contributed by atoms with E-state index in [1.54, 1.807) is 30.3 Å². The third-order valence-electron chi connectivity index (χ3n) is 1.88. The minimum absolute atomic E-state index is 0.390. The molecule has 0 aliphatic heterocycles. The van der Waals surface area contributed by atoms with Crippen LogP contribution in [-0.2, 0) is 9.59 Å². The maximum atomic E-state index is 10.8. The second kappa shape index (κ2) is 4.41. The van der Waals surface area contributed by atoms with E-state index in [0.29, 0.717) is 5.56 Å². The quantitative estimate of drug-likeness (QED) is 0.758. The molecular formula is C10H10O4. The smallest absolute Gasteiger partial charge is 0.311 e. The van der Waals surface area contributed by atoms with E-state index in [2.05, 4.69) is 0 Å². The molecule has 0 unspecified atom stereocenters. The largest absolute Gasteiger partial charge is 0.481 e. The summed E-state index contributed by atoms with van der Waals surface area (Å²) in [6.07, 6.45) is -0.390. The van der Waals surface area contributed by atoms with Gasteiger partial charge in [0, 0.05) is 0 Å². The van der Waals surface area contributed by atoms with Crippen molar-refractivity contribution < 1.29 is 19.8 Å². The summed E-state index contributed by atoms with van der Waals surface area (Å²) in [7, 11) is 0. The summed E-state index contributed by atoms with van der Waals surface area (Å²) in [5.41, 5.74) is 0.516. The van der Waals surface area contributed by atoms with Gasteiger partial charge in [-0.05, 0) is 5.56 Å². The number of benzene rings is 1. The van der Waals surface area contributed by atoms with Crippen LogP contribution in [0.15, 0.2) is 30.3 Å². The molecule has 0 aliphatic carbocycles. The molecule has 0 fully saturated rings. The maximum absolute atomic E-state index is 10.8. The molecule has 14 heavy (non-hydrogen) atoms. The number of carbonyl (C=O) groups is 2. The van der Waals surface area contributed by atoms with Crippen LogP contribution in [0.2, 0.25) is 0 Å². The average Bonchev–Trinajstić information content (AvgIpc) is 2.15. The van der Waals surface area contributed by atoms with Crippen molar-refractivity contribution in [2.75, 3.05) is 0 Å². The summed E-state index contributed by atoms with van der Waals surface area (Å²) < 4.78 is 0. The van der Waals surface area contributed by atoms with E-state index < -0.39 is 17.9 Å². The fourth-order valence-corrected chi connectivity index (χ4v) is 1.21. The Balaban J connectivity index is 2.89. The number of carboxylic acid groups (broad SMARTS) is 2. The molecule has 4 nitrogen and oxygen atoms in total. The van der Waals surface area contributed by atoms with E-state index in [-0.39, 0.29) is 6.42 Å². The first kappa shape index (κ1) is 10.2. The summed E-state index contributed by atoms with van der Waals surface area (Å²) >= 11 is 0. The van der Waals surface area contributed by atoms with Crippen molar-refractivity contribution in [3.8, 4) is 0 Å². The van der Waals surface area contributed by atoms with Crippen LogP contribution in [-0.4, -0.2) is 22.2 Å². The number of aliphatic carboxylic acids is 2. The SMILES string of the molecule is O=C(O)C[C@H](C(=O)O)c1ccccc1. The Morgan fingerprint density at radius 1 is 1.14 bits per heavy atom. The predicted octanol–water partition coefficient (Wildman–Crippen LogP) is 1.33. The first-order chi connectivity index (χ1) is 6.61. The van der Waals surface area contributed by atoms with E-state index in [1.165, 1.54) is 0 Å². The van der Waals surface area contributed by atoms with Gasteiger partial charge in [0.05, 0.1) is 12.3 Å². The van der Waals surface area contributed by atoms with Gasteiger partial charge in [-0.15, -0.1) is 0 Å². The molecule has 0 radical (unpaired) electrons. The summed E-state index contributed by atoms with van der Waals surface area (Å²) in [5.74, 6) is -3.19. The summed E-state index contributed by atoms with van der Waals surface area (Å²) in [6, 6.07) is 8.35. The summed E-state index contributed by atoms with van der Waals surface area (Å²) in [4.78, 5) is 21.2. The number of carboxylic acids is 2. The van der Waals surface area contributed by atoms with Crippen molar-refractivity contribution in [1.82, 2.24) is 0 Å². The van der Waals surface area contributed by atoms with Gasteiger partial charge < -0.3 is 10.2 Å². The highest BCUT2D eigenvalue weighted by Gasteiger charge is 2.22. The van der Waals surface area contributed by atoms with Crippen molar-refractivity contribution in [2.45, 2.75) is 12.3 Å². The van der Waals surface area contributed by atoms with Crippen molar-refractivity contribution in [1.29, 1.82) is 0 Å². The van der Waals surface area contributed by atoms with Crippen LogP contribution >= 0.6 is 0 Å². The topological polar surface area (TPSA) is 74.6 Å². The van der Waals surface area contributed by atoms with E-state index in [4.69, 9.17) is 10.2 Å². The molecule has 0 spiro atoms. The van der Waals surface area contributed by atoms with E-state index in [9.17, 15) is 9.59 Å². The number of rotatable bonds is 4. The van der Waals surface area contributed by atoms with Crippen LogP contribution < -0.4 is 0 Å². The van der Waals surface area contributed by atoms with E-state index >= 15 is 0 Å². The highest BCUT2D eigenvalue weighted by atomic mass is 16.4. The third kappa shape index (κ3) is 2.58. The minimum atomic E-state index is -1.11. The number of hydrogen-bond acceptors (Lipinski definition) is 2. The van der Waals surface area contributed by atoms with Gasteiger partial charge in [0.15, 0.2) is 0 Å². The normalized spacial score (nSPS) is 12.0. The standard InChI is InChI=1S/C10H10O4/c11-9(12)6-8(10(13)14)7-4-2-1-3-5-7/h1-5,8H,6H2,(H,11,12)(H,13,14)/t8-/m0/s1. The fraction of sp³-hybridized carbons (Fsp3) is 0.200. The Hall–Kier alpha value is -1.84. The van der Waals surface area contributed by atoms with Gasteiger partial charge in [-0.3, -0.25) is 9.59 Å². The second-order valence-corrected chi connectivity index (χ2v) is 2.90. The first-order valence-electron chi connectivity index (χ1n) is 4.11. The Bertz CT molecular complexity index is 331. The van der Waals surface area contributed by atoms with Crippen molar-refractivity contribution in [2.24, 2.45) is 0 Å². The first-order valence-corrected chi connectivity index (χ1v) is 4.11. The summed E-state index contributed by atoms with van der Waals surface area (Å²) in [5, 5.41) is 17.3. The van der Waals surface area contributed by atoms with Crippen LogP contribution in [0.1, 0.15) is 17.9 Å². The van der Waals surface area contributed by atoms with Crippen LogP contribution in [0.3, 0.4) is 0 Å². The lowest BCUT2D eigenvalue weighted by Crippen LogP contribution is -2.15. The second-order valence-electron chi connectivity index (χ2n) is 2.90. The van der Waals surface area contributed by atoms with E-state index in [0.717, 1.165) is 0 Å². The van der Waals surface area contributed by atoms with Gasteiger partial charge in [-0.2, -0.15) is 0 Å². The molecule has 4 heteroatoms. The Labute approximate surface area is 80.8 Å². The molecule has 2 N–H and O–H groups in total. The summed E-state index contributed by atoms with van der Waals surface area (Å²) in [6.45, 7) is 0. The maximum Gasteiger partial charge on any atom is 0.311 e. The molecule has 1 aromatic rings. The molecule has 1 atom stereocenters. The molecule has 0 heterocycles. The van der Waals surface area contributed by atoms with Crippen LogP contribution in [0.4, 0.5) is 0 Å². The lowest BCUT2D eigenvalue weighted by Gasteiger charge is -2.09. The molecule has 0 amide bonds. The average molecular weight is 194 g/mol. The monoisotopic (exact) mass is 194 g/mol. The Kier molecular flexibility index (Phi) is 3.23. The van der Waals surface area contributed by atoms with E-state index in [1.807, 2.05) is 0 Å². The minimum Gasteiger partial charge on any atom is -0.481 e. The van der Waals surface area contributed by atoms with Gasteiger partial charge in [-0.1, -0.05) is 30.3 Å². The van der Waals surface area contributed by atoms with Gasteiger partial charge in [0.1, 0.15) is 0 Å². The predicted molar refractivity (Wildman–Crippen MR) is 49.1 cm³/mol. The lowest BCUT2D eigenvalue weighted by molar-refractivity contribution is -0.145. The van der Waals surface area contributed by atoms with Gasteiger partial charge in [0.2, 0.25) is 0 Å². The molecule has 1 aromatic carbocycles. The zero-order valence-electron chi connectivity index (χ0n) is 7.38. The van der Waals surface area contributed by atoms with Crippen molar-refractivity contribution in [3.05, 3.63) is 35.9 Å². The number of hydrogen-bond donors (Lipinski definition) is 2. The highest BCUT2D eigenvalue weighted by molar-refractivity contribution is 5.82. The van der Waals surface area contributed by atoms with Gasteiger partial charge in [-0.25, -0.2) is 0 Å². The fourth-order valence-electron chi connectivity index (χ4n) is 1.21. The Morgan fingerprint density at radius 3 is 2.14 bits per heavy atom. The molecule has 0 saturated heterocycles.